The van der Waals surface area contributed by atoms with Gasteiger partial charge in [-0.25, -0.2) is 13.2 Å². The molecule has 1 atom stereocenters. The standard InChI is InChI=1S/C16H16N4O5S/c1-10-2-5-15(19-18-10)24-11-6-7-20(9-11)26(22,23)12-3-4-14-13(8-12)17-16(21)25-14/h2-5,8,11H,6-7,9H2,1H3,(H,17,21). The van der Waals surface area contributed by atoms with E-state index in [1.807, 2.05) is 6.92 Å². The lowest BCUT2D eigenvalue weighted by molar-refractivity contribution is 0.204. The van der Waals surface area contributed by atoms with Crippen LogP contribution in [0, 0.1) is 6.92 Å². The van der Waals surface area contributed by atoms with Crippen LogP contribution < -0.4 is 10.5 Å². The number of sulfonamides is 1. The number of aryl methyl sites for hydroxylation is 1. The summed E-state index contributed by atoms with van der Waals surface area (Å²) in [6.45, 7) is 2.38. The van der Waals surface area contributed by atoms with Gasteiger partial charge in [-0.2, -0.15) is 9.40 Å². The molecule has 1 aromatic carbocycles. The summed E-state index contributed by atoms with van der Waals surface area (Å²) in [6.07, 6.45) is 0.263. The Morgan fingerprint density at radius 2 is 2.12 bits per heavy atom. The SMILES string of the molecule is Cc1ccc(OC2CCN(S(=O)(=O)c3ccc4oc(=O)[nH]c4c3)C2)nn1. The molecule has 0 amide bonds. The van der Waals surface area contributed by atoms with Crippen LogP contribution in [0.1, 0.15) is 12.1 Å². The maximum Gasteiger partial charge on any atom is 0.417 e. The van der Waals surface area contributed by atoms with E-state index in [1.54, 1.807) is 12.1 Å². The molecule has 26 heavy (non-hydrogen) atoms. The van der Waals surface area contributed by atoms with Gasteiger partial charge in [0.2, 0.25) is 15.9 Å². The van der Waals surface area contributed by atoms with Gasteiger partial charge < -0.3 is 9.15 Å². The molecule has 1 aliphatic rings. The average molecular weight is 376 g/mol. The average Bonchev–Trinajstić information content (AvgIpc) is 3.22. The molecule has 1 unspecified atom stereocenters. The van der Waals surface area contributed by atoms with Crippen LogP contribution >= 0.6 is 0 Å². The van der Waals surface area contributed by atoms with Crippen LogP contribution in [0.15, 0.2) is 44.4 Å². The lowest BCUT2D eigenvalue weighted by atomic mass is 10.3. The number of H-pyrrole nitrogens is 1. The molecule has 1 fully saturated rings. The molecule has 0 radical (unpaired) electrons. The first-order valence-corrected chi connectivity index (χ1v) is 9.46. The summed E-state index contributed by atoms with van der Waals surface area (Å²) in [6, 6.07) is 7.78. The van der Waals surface area contributed by atoms with Crippen molar-refractivity contribution in [3.8, 4) is 5.88 Å². The lowest BCUT2D eigenvalue weighted by Crippen LogP contribution is -2.31. The van der Waals surface area contributed by atoms with Gasteiger partial charge in [0.1, 0.15) is 6.10 Å². The zero-order valence-corrected chi connectivity index (χ0v) is 14.7. The topological polar surface area (TPSA) is 118 Å². The van der Waals surface area contributed by atoms with E-state index in [0.29, 0.717) is 29.9 Å². The minimum atomic E-state index is -3.70. The molecule has 0 aliphatic carbocycles. The van der Waals surface area contributed by atoms with E-state index >= 15 is 0 Å². The molecule has 10 heteroatoms. The van der Waals surface area contributed by atoms with Gasteiger partial charge in [0.05, 0.1) is 22.7 Å². The zero-order valence-electron chi connectivity index (χ0n) is 13.9. The van der Waals surface area contributed by atoms with Crippen molar-refractivity contribution in [1.82, 2.24) is 19.5 Å². The van der Waals surface area contributed by atoms with E-state index in [-0.39, 0.29) is 17.5 Å². The van der Waals surface area contributed by atoms with E-state index in [1.165, 1.54) is 22.5 Å². The number of hydrogen-bond acceptors (Lipinski definition) is 7. The Morgan fingerprint density at radius 3 is 2.88 bits per heavy atom. The van der Waals surface area contributed by atoms with Crippen LogP contribution in [-0.4, -0.2) is 47.1 Å². The van der Waals surface area contributed by atoms with Crippen LogP contribution in [0.2, 0.25) is 0 Å². The third-order valence-electron chi connectivity index (χ3n) is 4.20. The number of aromatic amines is 1. The van der Waals surface area contributed by atoms with Crippen molar-refractivity contribution in [3.05, 3.63) is 46.6 Å². The summed E-state index contributed by atoms with van der Waals surface area (Å²) in [5.41, 5.74) is 1.44. The van der Waals surface area contributed by atoms with E-state index in [9.17, 15) is 13.2 Å². The van der Waals surface area contributed by atoms with Crippen molar-refractivity contribution in [3.63, 3.8) is 0 Å². The van der Waals surface area contributed by atoms with Crippen LogP contribution in [0.25, 0.3) is 11.1 Å². The van der Waals surface area contributed by atoms with Crippen molar-refractivity contribution in [2.24, 2.45) is 0 Å². The summed E-state index contributed by atoms with van der Waals surface area (Å²) in [5.74, 6) is -0.249. The third-order valence-corrected chi connectivity index (χ3v) is 6.06. The van der Waals surface area contributed by atoms with Gasteiger partial charge in [-0.1, -0.05) is 0 Å². The van der Waals surface area contributed by atoms with Crippen LogP contribution in [0.3, 0.4) is 0 Å². The fourth-order valence-corrected chi connectivity index (χ4v) is 4.39. The Hall–Kier alpha value is -2.72. The fourth-order valence-electron chi connectivity index (χ4n) is 2.87. The monoisotopic (exact) mass is 376 g/mol. The van der Waals surface area contributed by atoms with Gasteiger partial charge in [-0.15, -0.1) is 5.10 Å². The van der Waals surface area contributed by atoms with Gasteiger partial charge in [0, 0.05) is 12.6 Å². The first kappa shape index (κ1) is 16.7. The van der Waals surface area contributed by atoms with Crippen molar-refractivity contribution in [1.29, 1.82) is 0 Å². The number of oxazole rings is 1. The molecule has 136 valence electrons. The summed E-state index contributed by atoms with van der Waals surface area (Å²) in [4.78, 5) is 13.8. The number of nitrogens with zero attached hydrogens (tertiary/aromatic N) is 3. The fraction of sp³-hybridized carbons (Fsp3) is 0.312. The Labute approximate surface area is 148 Å². The number of aromatic nitrogens is 3. The third kappa shape index (κ3) is 3.08. The highest BCUT2D eigenvalue weighted by atomic mass is 32.2. The molecule has 3 heterocycles. The summed E-state index contributed by atoms with van der Waals surface area (Å²) in [5, 5.41) is 7.86. The van der Waals surface area contributed by atoms with Gasteiger partial charge >= 0.3 is 5.76 Å². The van der Waals surface area contributed by atoms with E-state index in [0.717, 1.165) is 5.69 Å². The molecule has 3 aromatic rings. The highest BCUT2D eigenvalue weighted by molar-refractivity contribution is 7.89. The second kappa shape index (κ2) is 6.22. The molecule has 1 saturated heterocycles. The number of fused-ring (bicyclic) bond motifs is 1. The largest absolute Gasteiger partial charge is 0.472 e. The molecule has 0 saturated carbocycles. The molecular formula is C16H16N4O5S. The number of rotatable bonds is 4. The Bertz CT molecular complexity index is 1100. The first-order valence-electron chi connectivity index (χ1n) is 8.02. The molecule has 4 rings (SSSR count). The number of benzene rings is 1. The maximum atomic E-state index is 12.8. The predicted molar refractivity (Wildman–Crippen MR) is 91.4 cm³/mol. The van der Waals surface area contributed by atoms with Gasteiger partial charge in [0.25, 0.3) is 0 Å². The smallest absolute Gasteiger partial charge is 0.417 e. The van der Waals surface area contributed by atoms with Gasteiger partial charge in [-0.3, -0.25) is 4.98 Å². The van der Waals surface area contributed by atoms with Crippen molar-refractivity contribution in [2.45, 2.75) is 24.3 Å². The van der Waals surface area contributed by atoms with Crippen molar-refractivity contribution >= 4 is 21.1 Å². The number of hydrogen-bond donors (Lipinski definition) is 1. The minimum Gasteiger partial charge on any atom is -0.472 e. The molecule has 2 aromatic heterocycles. The molecular weight excluding hydrogens is 360 g/mol. The Balaban J connectivity index is 1.52. The first-order chi connectivity index (χ1) is 12.4. The van der Waals surface area contributed by atoms with Crippen LogP contribution in [0.5, 0.6) is 5.88 Å². The molecule has 1 N–H and O–H groups in total. The highest BCUT2D eigenvalue weighted by Gasteiger charge is 2.34. The van der Waals surface area contributed by atoms with Gasteiger partial charge in [-0.05, 0) is 37.6 Å². The second-order valence-corrected chi connectivity index (χ2v) is 8.01. The van der Waals surface area contributed by atoms with Gasteiger partial charge in [0.15, 0.2) is 5.58 Å². The van der Waals surface area contributed by atoms with E-state index in [2.05, 4.69) is 15.2 Å². The minimum absolute atomic E-state index is 0.0952. The highest BCUT2D eigenvalue weighted by Crippen LogP contribution is 2.25. The molecule has 0 spiro atoms. The summed E-state index contributed by atoms with van der Waals surface area (Å²) in [7, 11) is -3.70. The molecule has 0 bridgehead atoms. The Kier molecular flexibility index (Phi) is 4.00. The summed E-state index contributed by atoms with van der Waals surface area (Å²) < 4.78 is 37.7. The normalized spacial score (nSPS) is 18.4. The maximum absolute atomic E-state index is 12.8. The zero-order chi connectivity index (χ0) is 18.3. The van der Waals surface area contributed by atoms with Crippen LogP contribution in [0.4, 0.5) is 0 Å². The van der Waals surface area contributed by atoms with E-state index < -0.39 is 15.8 Å². The predicted octanol–water partition coefficient (Wildman–Crippen LogP) is 1.06. The number of ether oxygens (including phenoxy) is 1. The second-order valence-electron chi connectivity index (χ2n) is 6.08. The van der Waals surface area contributed by atoms with Crippen molar-refractivity contribution in [2.75, 3.05) is 13.1 Å². The molecule has 9 nitrogen and oxygen atoms in total. The molecule has 1 aliphatic heterocycles. The Morgan fingerprint density at radius 1 is 1.27 bits per heavy atom. The van der Waals surface area contributed by atoms with E-state index in [4.69, 9.17) is 9.15 Å². The number of nitrogens with one attached hydrogen (secondary N) is 1. The summed E-state index contributed by atoms with van der Waals surface area (Å²) >= 11 is 0. The quantitative estimate of drug-likeness (QED) is 0.723. The van der Waals surface area contributed by atoms with Crippen LogP contribution in [-0.2, 0) is 10.0 Å². The lowest BCUT2D eigenvalue weighted by Gasteiger charge is -2.17. The van der Waals surface area contributed by atoms with Crippen molar-refractivity contribution < 1.29 is 17.6 Å².